The van der Waals surface area contributed by atoms with Gasteiger partial charge in [0.05, 0.1) is 5.71 Å². The van der Waals surface area contributed by atoms with Crippen LogP contribution in [0.4, 0.5) is 0 Å². The molecule has 108 valence electrons. The van der Waals surface area contributed by atoms with Crippen LogP contribution in [0.1, 0.15) is 35.1 Å². The van der Waals surface area contributed by atoms with Crippen LogP contribution in [0.5, 0.6) is 5.75 Å². The van der Waals surface area contributed by atoms with Crippen LogP contribution in [0.3, 0.4) is 0 Å². The second kappa shape index (κ2) is 6.00. The van der Waals surface area contributed by atoms with E-state index in [2.05, 4.69) is 30.3 Å². The molecule has 3 rings (SSSR count). The van der Waals surface area contributed by atoms with Crippen LogP contribution in [0, 0.1) is 6.92 Å². The van der Waals surface area contributed by atoms with Gasteiger partial charge in [-0.1, -0.05) is 35.5 Å². The summed E-state index contributed by atoms with van der Waals surface area (Å²) in [6, 6.07) is 14.3. The number of rotatable bonds is 3. The summed E-state index contributed by atoms with van der Waals surface area (Å²) in [5.41, 5.74) is 5.43. The van der Waals surface area contributed by atoms with E-state index in [9.17, 15) is 0 Å². The van der Waals surface area contributed by atoms with Crippen LogP contribution in [0.25, 0.3) is 0 Å². The lowest BCUT2D eigenvalue weighted by Gasteiger charge is -2.18. The van der Waals surface area contributed by atoms with Gasteiger partial charge in [0.25, 0.3) is 0 Å². The van der Waals surface area contributed by atoms with Gasteiger partial charge in [0.1, 0.15) is 12.4 Å². The molecule has 0 amide bonds. The van der Waals surface area contributed by atoms with Gasteiger partial charge in [-0.3, -0.25) is 0 Å². The Hall–Kier alpha value is -2.29. The lowest BCUT2D eigenvalue weighted by molar-refractivity contribution is 0.305. The van der Waals surface area contributed by atoms with Crippen LogP contribution < -0.4 is 4.74 Å². The molecule has 21 heavy (non-hydrogen) atoms. The number of hydrogen-bond donors (Lipinski definition) is 1. The Bertz CT molecular complexity index is 677. The fraction of sp³-hybridized carbons (Fsp3) is 0.278. The molecule has 0 aliphatic heterocycles. The molecule has 0 spiro atoms. The van der Waals surface area contributed by atoms with Gasteiger partial charge >= 0.3 is 0 Å². The van der Waals surface area contributed by atoms with Gasteiger partial charge in [-0.25, -0.2) is 0 Å². The van der Waals surface area contributed by atoms with Gasteiger partial charge in [-0.2, -0.15) is 0 Å². The minimum atomic E-state index is 0.553. The average Bonchev–Trinajstić information content (AvgIpc) is 2.53. The first kappa shape index (κ1) is 13.7. The zero-order chi connectivity index (χ0) is 14.7. The maximum Gasteiger partial charge on any atom is 0.120 e. The standard InChI is InChI=1S/C18H19NO2/c1-13-5-2-3-6-15(13)12-21-16-10-9-14-7-4-8-18(19-20)17(14)11-16/h2-3,5-6,9-11,20H,4,7-8,12H2,1H3/b19-18-. The summed E-state index contributed by atoms with van der Waals surface area (Å²) < 4.78 is 5.90. The quantitative estimate of drug-likeness (QED) is 0.680. The Labute approximate surface area is 124 Å². The molecule has 0 bridgehead atoms. The third-order valence-corrected chi connectivity index (χ3v) is 4.03. The van der Waals surface area contributed by atoms with E-state index in [1.54, 1.807) is 0 Å². The van der Waals surface area contributed by atoms with Crippen molar-refractivity contribution in [3.05, 3.63) is 64.7 Å². The van der Waals surface area contributed by atoms with Crippen molar-refractivity contribution in [2.75, 3.05) is 0 Å². The number of fused-ring (bicyclic) bond motifs is 1. The molecule has 1 N–H and O–H groups in total. The Balaban J connectivity index is 1.80. The minimum Gasteiger partial charge on any atom is -0.489 e. The average molecular weight is 281 g/mol. The maximum atomic E-state index is 9.12. The van der Waals surface area contributed by atoms with Crippen molar-refractivity contribution in [1.29, 1.82) is 0 Å². The number of hydrogen-bond acceptors (Lipinski definition) is 3. The lowest BCUT2D eigenvalue weighted by Crippen LogP contribution is -2.12. The number of aryl methyl sites for hydroxylation is 2. The predicted molar refractivity (Wildman–Crippen MR) is 83.2 cm³/mol. The predicted octanol–water partition coefficient (Wildman–Crippen LogP) is 4.09. The number of nitrogens with zero attached hydrogens (tertiary/aromatic N) is 1. The molecule has 0 atom stereocenters. The second-order valence-electron chi connectivity index (χ2n) is 5.43. The van der Waals surface area contributed by atoms with Gasteiger partial charge in [-0.15, -0.1) is 0 Å². The fourth-order valence-electron chi connectivity index (χ4n) is 2.75. The zero-order valence-corrected chi connectivity index (χ0v) is 12.2. The highest BCUT2D eigenvalue weighted by Gasteiger charge is 2.16. The van der Waals surface area contributed by atoms with E-state index >= 15 is 0 Å². The maximum absolute atomic E-state index is 9.12. The summed E-state index contributed by atoms with van der Waals surface area (Å²) in [6.45, 7) is 2.64. The topological polar surface area (TPSA) is 41.8 Å². The summed E-state index contributed by atoms with van der Waals surface area (Å²) in [4.78, 5) is 0. The summed E-state index contributed by atoms with van der Waals surface area (Å²) in [7, 11) is 0. The number of benzene rings is 2. The molecule has 2 aromatic carbocycles. The van der Waals surface area contributed by atoms with E-state index in [0.29, 0.717) is 6.61 Å². The summed E-state index contributed by atoms with van der Waals surface area (Å²) in [5, 5.41) is 12.5. The van der Waals surface area contributed by atoms with E-state index in [1.807, 2.05) is 24.3 Å². The van der Waals surface area contributed by atoms with Gasteiger partial charge in [-0.05, 0) is 55.0 Å². The largest absolute Gasteiger partial charge is 0.489 e. The van der Waals surface area contributed by atoms with Gasteiger partial charge in [0, 0.05) is 5.56 Å². The monoisotopic (exact) mass is 281 g/mol. The highest BCUT2D eigenvalue weighted by molar-refractivity contribution is 6.02. The van der Waals surface area contributed by atoms with Gasteiger partial charge < -0.3 is 9.94 Å². The Morgan fingerprint density at radius 2 is 2.00 bits per heavy atom. The van der Waals surface area contributed by atoms with E-state index in [-0.39, 0.29) is 0 Å². The van der Waals surface area contributed by atoms with Crippen LogP contribution in [-0.2, 0) is 13.0 Å². The molecule has 1 aliphatic rings. The van der Waals surface area contributed by atoms with Crippen molar-refractivity contribution < 1.29 is 9.94 Å². The molecule has 0 fully saturated rings. The molecule has 0 saturated carbocycles. The van der Waals surface area contributed by atoms with E-state index in [0.717, 1.165) is 36.3 Å². The highest BCUT2D eigenvalue weighted by atomic mass is 16.5. The van der Waals surface area contributed by atoms with Gasteiger partial charge in [0.15, 0.2) is 0 Å². The van der Waals surface area contributed by atoms with Crippen molar-refractivity contribution in [2.45, 2.75) is 32.8 Å². The van der Waals surface area contributed by atoms with Crippen LogP contribution >= 0.6 is 0 Å². The third-order valence-electron chi connectivity index (χ3n) is 4.03. The molecule has 3 heteroatoms. The van der Waals surface area contributed by atoms with Crippen molar-refractivity contribution in [3.8, 4) is 5.75 Å². The summed E-state index contributed by atoms with van der Waals surface area (Å²) in [6.07, 6.45) is 2.90. The minimum absolute atomic E-state index is 0.553. The van der Waals surface area contributed by atoms with E-state index in [1.165, 1.54) is 16.7 Å². The van der Waals surface area contributed by atoms with Gasteiger partial charge in [0.2, 0.25) is 0 Å². The number of oxime groups is 1. The zero-order valence-electron chi connectivity index (χ0n) is 12.2. The molecule has 0 radical (unpaired) electrons. The first-order valence-electron chi connectivity index (χ1n) is 7.29. The van der Waals surface area contributed by atoms with Crippen molar-refractivity contribution in [1.82, 2.24) is 0 Å². The Kier molecular flexibility index (Phi) is 3.91. The van der Waals surface area contributed by atoms with E-state index < -0.39 is 0 Å². The molecular weight excluding hydrogens is 262 g/mol. The molecule has 3 nitrogen and oxygen atoms in total. The van der Waals surface area contributed by atoms with E-state index in [4.69, 9.17) is 9.94 Å². The molecule has 0 heterocycles. The molecule has 2 aromatic rings. The first-order valence-corrected chi connectivity index (χ1v) is 7.29. The molecular formula is C18H19NO2. The lowest BCUT2D eigenvalue weighted by atomic mass is 9.90. The first-order chi connectivity index (χ1) is 10.3. The molecule has 0 saturated heterocycles. The Morgan fingerprint density at radius 3 is 2.81 bits per heavy atom. The SMILES string of the molecule is Cc1ccccc1COc1ccc2c(c1)/C(=N\O)CCC2. The smallest absolute Gasteiger partial charge is 0.120 e. The molecule has 0 aromatic heterocycles. The van der Waals surface area contributed by atoms with Crippen LogP contribution in [0.2, 0.25) is 0 Å². The second-order valence-corrected chi connectivity index (χ2v) is 5.43. The Morgan fingerprint density at radius 1 is 1.14 bits per heavy atom. The third kappa shape index (κ3) is 2.92. The van der Waals surface area contributed by atoms with Crippen LogP contribution in [0.15, 0.2) is 47.6 Å². The molecule has 1 aliphatic carbocycles. The summed E-state index contributed by atoms with van der Waals surface area (Å²) >= 11 is 0. The highest BCUT2D eigenvalue weighted by Crippen LogP contribution is 2.26. The molecule has 0 unspecified atom stereocenters. The summed E-state index contributed by atoms with van der Waals surface area (Å²) in [5.74, 6) is 0.819. The normalized spacial score (nSPS) is 15.8. The van der Waals surface area contributed by atoms with Crippen molar-refractivity contribution in [2.24, 2.45) is 5.16 Å². The van der Waals surface area contributed by atoms with Crippen molar-refractivity contribution >= 4 is 5.71 Å². The van der Waals surface area contributed by atoms with Crippen LogP contribution in [-0.4, -0.2) is 10.9 Å². The fourth-order valence-corrected chi connectivity index (χ4v) is 2.75. The van der Waals surface area contributed by atoms with Crippen molar-refractivity contribution in [3.63, 3.8) is 0 Å². The number of ether oxygens (including phenoxy) is 1.